The molecule has 0 saturated carbocycles. The van der Waals surface area contributed by atoms with E-state index in [0.717, 1.165) is 17.4 Å². The van der Waals surface area contributed by atoms with Crippen LogP contribution in [0.15, 0.2) is 30.3 Å². The molecule has 130 valence electrons. The van der Waals surface area contributed by atoms with E-state index in [2.05, 4.69) is 15.8 Å². The second-order valence-electron chi connectivity index (χ2n) is 4.87. The number of halogens is 2. The zero-order valence-electron chi connectivity index (χ0n) is 13.2. The molecule has 0 aliphatic carbocycles. The van der Waals surface area contributed by atoms with Crippen LogP contribution >= 0.6 is 11.3 Å². The van der Waals surface area contributed by atoms with Crippen LogP contribution in [-0.4, -0.2) is 25.1 Å². The van der Waals surface area contributed by atoms with Gasteiger partial charge in [-0.25, -0.2) is 13.8 Å². The minimum absolute atomic E-state index is 0.0259. The molecule has 0 bridgehead atoms. The minimum atomic E-state index is -0.767. The van der Waals surface area contributed by atoms with Gasteiger partial charge in [-0.15, -0.1) is 0 Å². The van der Waals surface area contributed by atoms with Crippen molar-refractivity contribution in [1.82, 2.24) is 10.4 Å². The monoisotopic (exact) mass is 365 g/mol. The molecule has 0 spiro atoms. The van der Waals surface area contributed by atoms with E-state index in [9.17, 15) is 13.6 Å². The summed E-state index contributed by atoms with van der Waals surface area (Å²) < 4.78 is 37.6. The number of carbonyl (C=O) groups excluding carboxylic acids is 1. The zero-order chi connectivity index (χ0) is 18.0. The van der Waals surface area contributed by atoms with E-state index in [1.54, 1.807) is 18.2 Å². The molecular weight excluding hydrogens is 352 g/mol. The molecule has 3 rings (SSSR count). The van der Waals surface area contributed by atoms with Crippen LogP contribution in [-0.2, 0) is 0 Å². The van der Waals surface area contributed by atoms with Crippen LogP contribution in [0, 0.1) is 11.6 Å². The van der Waals surface area contributed by atoms with Gasteiger partial charge in [-0.3, -0.25) is 15.6 Å². The van der Waals surface area contributed by atoms with Gasteiger partial charge >= 0.3 is 0 Å². The maximum absolute atomic E-state index is 13.7. The zero-order valence-corrected chi connectivity index (χ0v) is 14.0. The number of hydrogen-bond donors (Lipinski definition) is 2. The molecule has 1 heterocycles. The number of fused-ring (bicyclic) bond motifs is 1. The number of anilines is 1. The molecule has 0 unspecified atom stereocenters. The van der Waals surface area contributed by atoms with Crippen LogP contribution in [0.3, 0.4) is 0 Å². The molecule has 1 aromatic heterocycles. The number of carbonyl (C=O) groups is 1. The molecule has 0 saturated heterocycles. The highest BCUT2D eigenvalue weighted by Gasteiger charge is 2.18. The number of amides is 1. The van der Waals surface area contributed by atoms with Crippen LogP contribution in [0.4, 0.5) is 13.9 Å². The molecule has 0 radical (unpaired) electrons. The average molecular weight is 365 g/mol. The van der Waals surface area contributed by atoms with E-state index < -0.39 is 17.5 Å². The maximum Gasteiger partial charge on any atom is 0.277 e. The standard InChI is InChI=1S/C16H13F2N3O3S/c1-23-10-4-3-5-11(24-2)13(10)15(22)20-21-16-19-14-9(18)6-8(17)7-12(14)25-16/h3-7H,1-2H3,(H,19,21)(H,20,22). The van der Waals surface area contributed by atoms with E-state index in [1.165, 1.54) is 20.3 Å². The van der Waals surface area contributed by atoms with Crippen molar-refractivity contribution in [2.24, 2.45) is 0 Å². The fraction of sp³-hybridized carbons (Fsp3) is 0.125. The molecule has 0 atom stereocenters. The first-order valence-electron chi connectivity index (χ1n) is 7.06. The van der Waals surface area contributed by atoms with Crippen molar-refractivity contribution in [2.75, 3.05) is 19.6 Å². The van der Waals surface area contributed by atoms with E-state index in [1.807, 2.05) is 0 Å². The minimum Gasteiger partial charge on any atom is -0.496 e. The quantitative estimate of drug-likeness (QED) is 0.679. The molecule has 0 fully saturated rings. The Morgan fingerprint density at radius 1 is 1.16 bits per heavy atom. The van der Waals surface area contributed by atoms with Crippen molar-refractivity contribution in [2.45, 2.75) is 0 Å². The summed E-state index contributed by atoms with van der Waals surface area (Å²) in [5.74, 6) is -1.33. The van der Waals surface area contributed by atoms with Crippen molar-refractivity contribution < 1.29 is 23.0 Å². The number of benzene rings is 2. The van der Waals surface area contributed by atoms with Gasteiger partial charge in [0.2, 0.25) is 5.13 Å². The highest BCUT2D eigenvalue weighted by Crippen LogP contribution is 2.30. The fourth-order valence-corrected chi connectivity index (χ4v) is 3.12. The van der Waals surface area contributed by atoms with E-state index >= 15 is 0 Å². The smallest absolute Gasteiger partial charge is 0.277 e. The van der Waals surface area contributed by atoms with Gasteiger partial charge < -0.3 is 9.47 Å². The van der Waals surface area contributed by atoms with Crippen molar-refractivity contribution in [3.8, 4) is 11.5 Å². The third kappa shape index (κ3) is 3.31. The summed E-state index contributed by atoms with van der Waals surface area (Å²) in [7, 11) is 2.87. The molecular formula is C16H13F2N3O3S. The summed E-state index contributed by atoms with van der Waals surface area (Å²) in [6.45, 7) is 0. The van der Waals surface area contributed by atoms with Gasteiger partial charge in [-0.1, -0.05) is 17.4 Å². The second kappa shape index (κ2) is 6.89. The highest BCUT2D eigenvalue weighted by molar-refractivity contribution is 7.22. The number of methoxy groups -OCH3 is 2. The van der Waals surface area contributed by atoms with Gasteiger partial charge in [0.15, 0.2) is 5.82 Å². The topological polar surface area (TPSA) is 72.5 Å². The number of ether oxygens (including phenoxy) is 2. The number of hydrogen-bond acceptors (Lipinski definition) is 6. The summed E-state index contributed by atoms with van der Waals surface area (Å²) in [6.07, 6.45) is 0. The van der Waals surface area contributed by atoms with Crippen molar-refractivity contribution in [3.63, 3.8) is 0 Å². The SMILES string of the molecule is COc1cccc(OC)c1C(=O)NNc1nc2c(F)cc(F)cc2s1. The van der Waals surface area contributed by atoms with E-state index in [-0.39, 0.29) is 16.2 Å². The Morgan fingerprint density at radius 2 is 1.84 bits per heavy atom. The lowest BCUT2D eigenvalue weighted by Gasteiger charge is -2.12. The second-order valence-corrected chi connectivity index (χ2v) is 5.90. The summed E-state index contributed by atoms with van der Waals surface area (Å²) in [4.78, 5) is 16.4. The summed E-state index contributed by atoms with van der Waals surface area (Å²) in [6, 6.07) is 6.85. The Labute approximate surface area is 145 Å². The lowest BCUT2D eigenvalue weighted by atomic mass is 10.1. The highest BCUT2D eigenvalue weighted by atomic mass is 32.1. The van der Waals surface area contributed by atoms with Gasteiger partial charge in [0.1, 0.15) is 28.4 Å². The van der Waals surface area contributed by atoms with Gasteiger partial charge in [-0.05, 0) is 18.2 Å². The molecule has 1 amide bonds. The van der Waals surface area contributed by atoms with Crippen molar-refractivity contribution in [3.05, 3.63) is 47.5 Å². The third-order valence-corrected chi connectivity index (χ3v) is 4.27. The Morgan fingerprint density at radius 3 is 2.48 bits per heavy atom. The Hall–Kier alpha value is -2.94. The largest absolute Gasteiger partial charge is 0.496 e. The summed E-state index contributed by atoms with van der Waals surface area (Å²) >= 11 is 1.00. The average Bonchev–Trinajstić information content (AvgIpc) is 3.02. The van der Waals surface area contributed by atoms with Crippen LogP contribution in [0.5, 0.6) is 11.5 Å². The number of nitrogens with one attached hydrogen (secondary N) is 2. The molecule has 6 nitrogen and oxygen atoms in total. The molecule has 0 aliphatic heterocycles. The van der Waals surface area contributed by atoms with Gasteiger partial charge in [0.05, 0.1) is 18.9 Å². The lowest BCUT2D eigenvalue weighted by molar-refractivity contribution is 0.0956. The Bertz CT molecular complexity index is 924. The number of rotatable bonds is 5. The molecule has 2 N–H and O–H groups in total. The first-order chi connectivity index (χ1) is 12.0. The normalized spacial score (nSPS) is 10.6. The summed E-state index contributed by atoms with van der Waals surface area (Å²) in [5.41, 5.74) is 5.25. The lowest BCUT2D eigenvalue weighted by Crippen LogP contribution is -2.30. The predicted molar refractivity (Wildman–Crippen MR) is 90.2 cm³/mol. The van der Waals surface area contributed by atoms with Crippen LogP contribution < -0.4 is 20.3 Å². The van der Waals surface area contributed by atoms with Gasteiger partial charge in [0.25, 0.3) is 5.91 Å². The first-order valence-corrected chi connectivity index (χ1v) is 7.88. The third-order valence-electron chi connectivity index (χ3n) is 3.35. The molecule has 2 aromatic carbocycles. The number of aromatic nitrogens is 1. The Kier molecular flexibility index (Phi) is 4.66. The summed E-state index contributed by atoms with van der Waals surface area (Å²) in [5, 5.41) is 0.210. The van der Waals surface area contributed by atoms with Crippen LogP contribution in [0.1, 0.15) is 10.4 Å². The maximum atomic E-state index is 13.7. The number of thiazole rings is 1. The molecule has 0 aliphatic rings. The number of nitrogens with zero attached hydrogens (tertiary/aromatic N) is 1. The van der Waals surface area contributed by atoms with Crippen molar-refractivity contribution >= 4 is 32.6 Å². The number of hydrazine groups is 1. The first kappa shape index (κ1) is 16.9. The predicted octanol–water partition coefficient (Wildman–Crippen LogP) is 3.35. The van der Waals surface area contributed by atoms with E-state index in [0.29, 0.717) is 16.2 Å². The fourth-order valence-electron chi connectivity index (χ4n) is 2.26. The Balaban J connectivity index is 1.82. The molecule has 25 heavy (non-hydrogen) atoms. The van der Waals surface area contributed by atoms with Gasteiger partial charge in [-0.2, -0.15) is 0 Å². The van der Waals surface area contributed by atoms with Gasteiger partial charge in [0, 0.05) is 6.07 Å². The molecule has 9 heteroatoms. The van der Waals surface area contributed by atoms with E-state index in [4.69, 9.17) is 9.47 Å². The molecule has 3 aromatic rings. The van der Waals surface area contributed by atoms with Crippen LogP contribution in [0.25, 0.3) is 10.2 Å². The van der Waals surface area contributed by atoms with Crippen LogP contribution in [0.2, 0.25) is 0 Å². The van der Waals surface area contributed by atoms with Crippen molar-refractivity contribution in [1.29, 1.82) is 0 Å².